The van der Waals surface area contributed by atoms with Gasteiger partial charge < -0.3 is 15.2 Å². The zero-order valence-corrected chi connectivity index (χ0v) is 16.1. The minimum atomic E-state index is -4.60. The van der Waals surface area contributed by atoms with Crippen LogP contribution < -0.4 is 5.32 Å². The van der Waals surface area contributed by atoms with Gasteiger partial charge in [0.25, 0.3) is 5.91 Å². The standard InChI is InChI=1S/C19H20ClF3N2O4/c20-13-2-12(19(21,22)23)7-24-15(13)25-14(26)8-29-16(27)17-3-10-1-11(4-17)6-18(28,5-10)9-17/h2,7,10-11,28H,1,3-6,8-9H2,(H,24,25,26). The zero-order valence-electron chi connectivity index (χ0n) is 15.4. The Morgan fingerprint density at radius 3 is 2.48 bits per heavy atom. The topological polar surface area (TPSA) is 88.5 Å². The highest BCUT2D eigenvalue weighted by molar-refractivity contribution is 6.33. The highest BCUT2D eigenvalue weighted by atomic mass is 35.5. The quantitative estimate of drug-likeness (QED) is 0.710. The van der Waals surface area contributed by atoms with Crippen molar-refractivity contribution in [2.45, 2.75) is 50.3 Å². The Bertz CT molecular complexity index is 846. The number of aromatic nitrogens is 1. The minimum Gasteiger partial charge on any atom is -0.455 e. The Morgan fingerprint density at radius 1 is 1.28 bits per heavy atom. The Hall–Kier alpha value is -1.87. The van der Waals surface area contributed by atoms with Crippen LogP contribution in [-0.4, -0.2) is 34.2 Å². The summed E-state index contributed by atoms with van der Waals surface area (Å²) in [5.74, 6) is -0.928. The number of ether oxygens (including phenoxy) is 1. The summed E-state index contributed by atoms with van der Waals surface area (Å²) < 4.78 is 43.2. The third-order valence-electron chi connectivity index (χ3n) is 6.22. The van der Waals surface area contributed by atoms with Gasteiger partial charge in [0.15, 0.2) is 12.4 Å². The lowest BCUT2D eigenvalue weighted by molar-refractivity contribution is -0.196. The van der Waals surface area contributed by atoms with Gasteiger partial charge in [-0.1, -0.05) is 11.6 Å². The molecule has 0 aromatic carbocycles. The molecule has 4 aliphatic rings. The summed E-state index contributed by atoms with van der Waals surface area (Å²) in [5.41, 5.74) is -2.63. The van der Waals surface area contributed by atoms with Gasteiger partial charge in [-0.05, 0) is 56.4 Å². The molecule has 10 heteroatoms. The van der Waals surface area contributed by atoms with Crippen molar-refractivity contribution in [3.63, 3.8) is 0 Å². The van der Waals surface area contributed by atoms with Crippen molar-refractivity contribution in [1.29, 1.82) is 0 Å². The number of nitrogens with zero attached hydrogens (tertiary/aromatic N) is 1. The molecular weight excluding hydrogens is 413 g/mol. The van der Waals surface area contributed by atoms with E-state index in [1.54, 1.807) is 0 Å². The smallest absolute Gasteiger partial charge is 0.417 e. The summed E-state index contributed by atoms with van der Waals surface area (Å²) in [6, 6.07) is 0.659. The van der Waals surface area contributed by atoms with Crippen LogP contribution >= 0.6 is 11.6 Å². The van der Waals surface area contributed by atoms with E-state index in [4.69, 9.17) is 16.3 Å². The number of halogens is 4. The molecule has 0 radical (unpaired) electrons. The molecule has 0 saturated heterocycles. The molecule has 2 atom stereocenters. The van der Waals surface area contributed by atoms with Crippen molar-refractivity contribution in [2.75, 3.05) is 11.9 Å². The Kier molecular flexibility index (Phi) is 4.81. The molecular formula is C19H20ClF3N2O4. The van der Waals surface area contributed by atoms with Crippen molar-refractivity contribution in [3.05, 3.63) is 22.8 Å². The van der Waals surface area contributed by atoms with E-state index in [0.29, 0.717) is 44.4 Å². The van der Waals surface area contributed by atoms with Crippen molar-refractivity contribution in [1.82, 2.24) is 4.98 Å². The van der Waals surface area contributed by atoms with E-state index in [0.717, 1.165) is 6.42 Å². The molecule has 4 bridgehead atoms. The fraction of sp³-hybridized carbons (Fsp3) is 0.632. The lowest BCUT2D eigenvalue weighted by Gasteiger charge is -2.58. The van der Waals surface area contributed by atoms with E-state index in [-0.39, 0.29) is 22.7 Å². The normalized spacial score (nSPS) is 32.9. The maximum absolute atomic E-state index is 12.7. The predicted molar refractivity (Wildman–Crippen MR) is 95.9 cm³/mol. The van der Waals surface area contributed by atoms with Gasteiger partial charge >= 0.3 is 12.1 Å². The molecule has 1 amide bonds. The summed E-state index contributed by atoms with van der Waals surface area (Å²) in [6.07, 6.45) is 0.0290. The number of anilines is 1. The molecule has 5 rings (SSSR count). The fourth-order valence-corrected chi connectivity index (χ4v) is 5.80. The molecule has 4 saturated carbocycles. The predicted octanol–water partition coefficient (Wildman–Crippen LogP) is 3.57. The number of alkyl halides is 3. The molecule has 4 fully saturated rings. The number of nitrogens with one attached hydrogen (secondary N) is 1. The van der Waals surface area contributed by atoms with Gasteiger partial charge in [-0.3, -0.25) is 9.59 Å². The van der Waals surface area contributed by atoms with Gasteiger partial charge in [-0.15, -0.1) is 0 Å². The van der Waals surface area contributed by atoms with Gasteiger partial charge in [0.1, 0.15) is 0 Å². The molecule has 6 nitrogen and oxygen atoms in total. The van der Waals surface area contributed by atoms with Gasteiger partial charge in [0.2, 0.25) is 0 Å². The van der Waals surface area contributed by atoms with E-state index < -0.39 is 41.2 Å². The second kappa shape index (κ2) is 6.84. The number of carbonyl (C=O) groups excluding carboxylic acids is 2. The van der Waals surface area contributed by atoms with E-state index >= 15 is 0 Å². The maximum atomic E-state index is 12.7. The van der Waals surface area contributed by atoms with Crippen LogP contribution in [0.3, 0.4) is 0 Å². The molecule has 29 heavy (non-hydrogen) atoms. The zero-order chi connectivity index (χ0) is 21.0. The average Bonchev–Trinajstić information content (AvgIpc) is 2.58. The van der Waals surface area contributed by atoms with Crippen molar-refractivity contribution in [3.8, 4) is 0 Å². The molecule has 1 aromatic rings. The van der Waals surface area contributed by atoms with Crippen LogP contribution in [0.2, 0.25) is 5.02 Å². The van der Waals surface area contributed by atoms with Gasteiger partial charge in [0, 0.05) is 6.20 Å². The van der Waals surface area contributed by atoms with Gasteiger partial charge in [-0.2, -0.15) is 13.2 Å². The molecule has 0 aliphatic heterocycles. The number of hydrogen-bond donors (Lipinski definition) is 2. The number of amides is 1. The number of aliphatic hydroxyl groups is 1. The summed E-state index contributed by atoms with van der Waals surface area (Å²) in [7, 11) is 0. The number of hydrogen-bond acceptors (Lipinski definition) is 5. The van der Waals surface area contributed by atoms with Crippen molar-refractivity contribution in [2.24, 2.45) is 17.3 Å². The summed E-state index contributed by atoms with van der Waals surface area (Å²) in [6.45, 7) is -0.604. The van der Waals surface area contributed by atoms with E-state index in [2.05, 4.69) is 10.3 Å². The van der Waals surface area contributed by atoms with Crippen LogP contribution in [0.1, 0.15) is 44.1 Å². The van der Waals surface area contributed by atoms with Crippen LogP contribution in [0.4, 0.5) is 19.0 Å². The first-order valence-electron chi connectivity index (χ1n) is 9.40. The van der Waals surface area contributed by atoms with Crippen molar-refractivity contribution < 1.29 is 32.6 Å². The lowest BCUT2D eigenvalue weighted by Crippen LogP contribution is -2.58. The molecule has 1 aromatic heterocycles. The van der Waals surface area contributed by atoms with Crippen molar-refractivity contribution >= 4 is 29.3 Å². The highest BCUT2D eigenvalue weighted by Gasteiger charge is 2.60. The minimum absolute atomic E-state index is 0.246. The first kappa shape index (κ1) is 20.4. The van der Waals surface area contributed by atoms with Crippen LogP contribution in [-0.2, 0) is 20.5 Å². The van der Waals surface area contributed by atoms with E-state index in [9.17, 15) is 27.9 Å². The first-order chi connectivity index (χ1) is 13.5. The van der Waals surface area contributed by atoms with Gasteiger partial charge in [-0.25, -0.2) is 4.98 Å². The summed E-state index contributed by atoms with van der Waals surface area (Å²) in [4.78, 5) is 28.3. The Morgan fingerprint density at radius 2 is 1.93 bits per heavy atom. The third-order valence-corrected chi connectivity index (χ3v) is 6.51. The van der Waals surface area contributed by atoms with E-state index in [1.807, 2.05) is 0 Å². The molecule has 2 unspecified atom stereocenters. The molecule has 158 valence electrons. The Balaban J connectivity index is 1.36. The van der Waals surface area contributed by atoms with Gasteiger partial charge in [0.05, 0.1) is 21.6 Å². The fourth-order valence-electron chi connectivity index (χ4n) is 5.59. The third kappa shape index (κ3) is 3.94. The summed E-state index contributed by atoms with van der Waals surface area (Å²) in [5, 5.41) is 12.6. The number of esters is 1. The largest absolute Gasteiger partial charge is 0.455 e. The van der Waals surface area contributed by atoms with Crippen LogP contribution in [0.5, 0.6) is 0 Å². The number of carbonyl (C=O) groups is 2. The van der Waals surface area contributed by atoms with Crippen LogP contribution in [0.15, 0.2) is 12.3 Å². The van der Waals surface area contributed by atoms with E-state index in [1.165, 1.54) is 0 Å². The summed E-state index contributed by atoms with van der Waals surface area (Å²) >= 11 is 5.76. The molecule has 1 heterocycles. The van der Waals surface area contributed by atoms with Crippen LogP contribution in [0, 0.1) is 17.3 Å². The average molecular weight is 433 g/mol. The van der Waals surface area contributed by atoms with Crippen LogP contribution in [0.25, 0.3) is 0 Å². The number of rotatable bonds is 4. The lowest BCUT2D eigenvalue weighted by atomic mass is 9.48. The molecule has 2 N–H and O–H groups in total. The first-order valence-corrected chi connectivity index (χ1v) is 9.78. The molecule has 0 spiro atoms. The molecule has 4 aliphatic carbocycles. The monoisotopic (exact) mass is 432 g/mol. The second-order valence-electron chi connectivity index (χ2n) is 8.64. The Labute approximate surface area is 169 Å². The maximum Gasteiger partial charge on any atom is 0.417 e. The SMILES string of the molecule is O=C(COC(=O)C12CC3CC(CC(O)(C3)C1)C2)Nc1ncc(C(F)(F)F)cc1Cl. The highest BCUT2D eigenvalue weighted by Crippen LogP contribution is 2.61. The number of pyridine rings is 1. The second-order valence-corrected chi connectivity index (χ2v) is 9.05.